The predicted octanol–water partition coefficient (Wildman–Crippen LogP) is 2.31. The van der Waals surface area contributed by atoms with Crippen LogP contribution in [0.15, 0.2) is 18.2 Å². The van der Waals surface area contributed by atoms with Gasteiger partial charge in [-0.2, -0.15) is 0 Å². The highest BCUT2D eigenvalue weighted by Gasteiger charge is 2.27. The van der Waals surface area contributed by atoms with Crippen molar-refractivity contribution in [2.24, 2.45) is 0 Å². The monoisotopic (exact) mass is 273 g/mol. The number of ketones is 1. The van der Waals surface area contributed by atoms with Crippen molar-refractivity contribution in [3.05, 3.63) is 23.8 Å². The van der Waals surface area contributed by atoms with Gasteiger partial charge in [0.05, 0.1) is 19.8 Å². The molecule has 0 saturated heterocycles. The first kappa shape index (κ1) is 16.7. The molecule has 0 radical (unpaired) electrons. The van der Waals surface area contributed by atoms with Crippen LogP contribution >= 0.6 is 12.4 Å². The summed E-state index contributed by atoms with van der Waals surface area (Å²) in [5.74, 6) is 1.19. The number of carbonyl (C=O) groups is 1. The van der Waals surface area contributed by atoms with Crippen LogP contribution in [0.5, 0.6) is 11.5 Å². The number of Topliss-reactive ketones (excluding diaryl/α,β-unsaturated/α-hetero) is 1. The van der Waals surface area contributed by atoms with Gasteiger partial charge in [-0.05, 0) is 39.1 Å². The van der Waals surface area contributed by atoms with Crippen molar-refractivity contribution in [1.82, 2.24) is 5.32 Å². The number of ether oxygens (including phenoxy) is 2. The summed E-state index contributed by atoms with van der Waals surface area (Å²) in [5, 5.41) is 2.98. The molecule has 0 saturated carbocycles. The first-order valence-electron chi connectivity index (χ1n) is 5.42. The van der Waals surface area contributed by atoms with Crippen LogP contribution in [0.1, 0.15) is 24.2 Å². The maximum Gasteiger partial charge on any atom is 0.182 e. The van der Waals surface area contributed by atoms with Crippen molar-refractivity contribution in [1.29, 1.82) is 0 Å². The third-order valence-corrected chi connectivity index (χ3v) is 2.84. The molecule has 18 heavy (non-hydrogen) atoms. The Balaban J connectivity index is 0.00000289. The average Bonchev–Trinajstić information content (AvgIpc) is 2.36. The number of benzene rings is 1. The first-order valence-corrected chi connectivity index (χ1v) is 5.42. The van der Waals surface area contributed by atoms with Gasteiger partial charge in [0.1, 0.15) is 0 Å². The normalized spacial score (nSPS) is 10.5. The van der Waals surface area contributed by atoms with Gasteiger partial charge in [0.15, 0.2) is 17.3 Å². The molecule has 4 nitrogen and oxygen atoms in total. The lowest BCUT2D eigenvalue weighted by Gasteiger charge is -2.22. The van der Waals surface area contributed by atoms with Crippen LogP contribution in [0.4, 0.5) is 0 Å². The number of nitrogens with one attached hydrogen (secondary N) is 1. The van der Waals surface area contributed by atoms with Crippen LogP contribution < -0.4 is 14.8 Å². The molecule has 0 aromatic heterocycles. The maximum absolute atomic E-state index is 12.2. The van der Waals surface area contributed by atoms with Crippen molar-refractivity contribution < 1.29 is 14.3 Å². The number of hydrogen-bond acceptors (Lipinski definition) is 4. The second kappa shape index (κ2) is 6.61. The molecule has 1 rings (SSSR count). The number of carbonyl (C=O) groups excluding carboxylic acids is 1. The van der Waals surface area contributed by atoms with Gasteiger partial charge in [0.2, 0.25) is 0 Å². The van der Waals surface area contributed by atoms with E-state index in [1.54, 1.807) is 39.5 Å². The highest BCUT2D eigenvalue weighted by atomic mass is 35.5. The summed E-state index contributed by atoms with van der Waals surface area (Å²) in [6.07, 6.45) is 0. The van der Waals surface area contributed by atoms with Gasteiger partial charge in [-0.1, -0.05) is 0 Å². The van der Waals surface area contributed by atoms with Gasteiger partial charge in [0, 0.05) is 5.56 Å². The number of likely N-dealkylation sites (N-methyl/N-ethyl adjacent to an activating group) is 1. The molecule has 102 valence electrons. The fraction of sp³-hybridized carbons (Fsp3) is 0.462. The van der Waals surface area contributed by atoms with E-state index in [0.29, 0.717) is 17.1 Å². The van der Waals surface area contributed by atoms with Gasteiger partial charge >= 0.3 is 0 Å². The number of hydrogen-bond donors (Lipinski definition) is 1. The fourth-order valence-electron chi connectivity index (χ4n) is 1.45. The highest BCUT2D eigenvalue weighted by molar-refractivity contribution is 6.03. The lowest BCUT2D eigenvalue weighted by molar-refractivity contribution is 0.0889. The minimum atomic E-state index is -0.598. The Labute approximate surface area is 114 Å². The van der Waals surface area contributed by atoms with Gasteiger partial charge in [-0.15, -0.1) is 12.4 Å². The topological polar surface area (TPSA) is 47.6 Å². The summed E-state index contributed by atoms with van der Waals surface area (Å²) < 4.78 is 10.3. The van der Waals surface area contributed by atoms with E-state index in [9.17, 15) is 4.79 Å². The molecule has 0 heterocycles. The van der Waals surface area contributed by atoms with E-state index >= 15 is 0 Å². The average molecular weight is 274 g/mol. The van der Waals surface area contributed by atoms with Crippen LogP contribution in [0, 0.1) is 0 Å². The van der Waals surface area contributed by atoms with Crippen LogP contribution in [0.2, 0.25) is 0 Å². The van der Waals surface area contributed by atoms with E-state index in [2.05, 4.69) is 5.32 Å². The molecule has 0 fully saturated rings. The van der Waals surface area contributed by atoms with E-state index < -0.39 is 5.54 Å². The first-order chi connectivity index (χ1) is 7.96. The Morgan fingerprint density at radius 2 is 1.72 bits per heavy atom. The molecule has 1 aromatic carbocycles. The van der Waals surface area contributed by atoms with Gasteiger partial charge in [0.25, 0.3) is 0 Å². The molecule has 1 N–H and O–H groups in total. The maximum atomic E-state index is 12.2. The van der Waals surface area contributed by atoms with E-state index in [-0.39, 0.29) is 18.2 Å². The summed E-state index contributed by atoms with van der Waals surface area (Å²) in [4.78, 5) is 12.2. The molecule has 0 amide bonds. The SMILES string of the molecule is CNC(C)(C)C(=O)c1ccc(OC)c(OC)c1.Cl. The van der Waals surface area contributed by atoms with Crippen molar-refractivity contribution in [3.63, 3.8) is 0 Å². The zero-order valence-electron chi connectivity index (χ0n) is 11.4. The van der Waals surface area contributed by atoms with E-state index in [4.69, 9.17) is 9.47 Å². The van der Waals surface area contributed by atoms with Crippen molar-refractivity contribution >= 4 is 18.2 Å². The van der Waals surface area contributed by atoms with Crippen molar-refractivity contribution in [3.8, 4) is 11.5 Å². The molecule has 0 atom stereocenters. The van der Waals surface area contributed by atoms with Gasteiger partial charge in [-0.3, -0.25) is 4.79 Å². The van der Waals surface area contributed by atoms with Crippen molar-refractivity contribution in [2.75, 3.05) is 21.3 Å². The molecule has 5 heteroatoms. The lowest BCUT2D eigenvalue weighted by atomic mass is 9.93. The third kappa shape index (κ3) is 3.37. The van der Waals surface area contributed by atoms with Crippen LogP contribution in [-0.2, 0) is 0 Å². The molecule has 0 aliphatic heterocycles. The summed E-state index contributed by atoms with van der Waals surface area (Å²) in [5.41, 5.74) is 0.00145. The Morgan fingerprint density at radius 3 is 2.17 bits per heavy atom. The number of methoxy groups -OCH3 is 2. The molecule has 0 aliphatic carbocycles. The van der Waals surface area contributed by atoms with E-state index in [0.717, 1.165) is 0 Å². The number of halogens is 1. The summed E-state index contributed by atoms with van der Waals surface area (Å²) in [6.45, 7) is 3.68. The number of rotatable bonds is 5. The molecule has 1 aromatic rings. The standard InChI is InChI=1S/C13H19NO3.ClH/c1-13(2,14-3)12(15)9-6-7-10(16-4)11(8-9)17-5;/h6-8,14H,1-5H3;1H. The molecule has 0 spiro atoms. The molecule has 0 bridgehead atoms. The predicted molar refractivity (Wildman–Crippen MR) is 74.3 cm³/mol. The Morgan fingerprint density at radius 1 is 1.17 bits per heavy atom. The highest BCUT2D eigenvalue weighted by Crippen LogP contribution is 2.28. The Hall–Kier alpha value is -1.26. The molecule has 0 unspecified atom stereocenters. The summed E-state index contributed by atoms with van der Waals surface area (Å²) >= 11 is 0. The summed E-state index contributed by atoms with van der Waals surface area (Å²) in [6, 6.07) is 5.17. The van der Waals surface area contributed by atoms with E-state index in [1.807, 2.05) is 13.8 Å². The second-order valence-corrected chi connectivity index (χ2v) is 4.27. The minimum Gasteiger partial charge on any atom is -0.493 e. The zero-order chi connectivity index (χ0) is 13.1. The smallest absolute Gasteiger partial charge is 0.182 e. The lowest BCUT2D eigenvalue weighted by Crippen LogP contribution is -2.44. The Kier molecular flexibility index (Phi) is 6.15. The third-order valence-electron chi connectivity index (χ3n) is 2.84. The molecular weight excluding hydrogens is 254 g/mol. The van der Waals surface area contributed by atoms with Crippen LogP contribution in [0.3, 0.4) is 0 Å². The summed E-state index contributed by atoms with van der Waals surface area (Å²) in [7, 11) is 4.88. The largest absolute Gasteiger partial charge is 0.493 e. The van der Waals surface area contributed by atoms with Gasteiger partial charge < -0.3 is 14.8 Å². The van der Waals surface area contributed by atoms with Crippen molar-refractivity contribution in [2.45, 2.75) is 19.4 Å². The quantitative estimate of drug-likeness (QED) is 0.837. The fourth-order valence-corrected chi connectivity index (χ4v) is 1.45. The second-order valence-electron chi connectivity index (χ2n) is 4.27. The molecular formula is C13H20ClNO3. The Bertz CT molecular complexity index is 419. The van der Waals surface area contributed by atoms with Crippen LogP contribution in [0.25, 0.3) is 0 Å². The molecule has 0 aliphatic rings. The minimum absolute atomic E-state index is 0. The van der Waals surface area contributed by atoms with Crippen LogP contribution in [-0.4, -0.2) is 32.6 Å². The zero-order valence-corrected chi connectivity index (χ0v) is 12.2. The van der Waals surface area contributed by atoms with E-state index in [1.165, 1.54) is 0 Å². The van der Waals surface area contributed by atoms with Gasteiger partial charge in [-0.25, -0.2) is 0 Å².